The van der Waals surface area contributed by atoms with Gasteiger partial charge in [-0.3, -0.25) is 9.78 Å². The van der Waals surface area contributed by atoms with Crippen LogP contribution in [-0.2, 0) is 13.0 Å². The Balaban J connectivity index is 1.40. The number of ketones is 1. The number of benzene rings is 2. The Kier molecular flexibility index (Phi) is 6.84. The van der Waals surface area contributed by atoms with Gasteiger partial charge in [0.25, 0.3) is 0 Å². The smallest absolute Gasteiger partial charge is 0.185 e. The molecule has 35 heavy (non-hydrogen) atoms. The van der Waals surface area contributed by atoms with Crippen molar-refractivity contribution in [3.05, 3.63) is 113 Å². The topological polar surface area (TPSA) is 85.8 Å². The molecule has 0 radical (unpaired) electrons. The molecule has 0 aliphatic heterocycles. The maximum atomic E-state index is 13.4. The van der Waals surface area contributed by atoms with E-state index in [1.807, 2.05) is 67.7 Å². The Morgan fingerprint density at radius 1 is 1.06 bits per heavy atom. The molecule has 5 rings (SSSR count). The molecule has 1 aliphatic rings. The Morgan fingerprint density at radius 3 is 2.66 bits per heavy atom. The molecule has 0 spiro atoms. The number of aromatic nitrogens is 3. The summed E-state index contributed by atoms with van der Waals surface area (Å²) in [7, 11) is 0. The minimum atomic E-state index is -0.00127. The highest BCUT2D eigenvalue weighted by atomic mass is 16.1. The van der Waals surface area contributed by atoms with Gasteiger partial charge in [-0.15, -0.1) is 0 Å². The van der Waals surface area contributed by atoms with Crippen LogP contribution in [0.1, 0.15) is 57.5 Å². The van der Waals surface area contributed by atoms with Gasteiger partial charge >= 0.3 is 0 Å². The molecule has 0 bridgehead atoms. The van der Waals surface area contributed by atoms with Crippen molar-refractivity contribution in [1.82, 2.24) is 20.1 Å². The molecule has 1 fully saturated rings. The van der Waals surface area contributed by atoms with Gasteiger partial charge in [-0.05, 0) is 79.3 Å². The first-order valence-corrected chi connectivity index (χ1v) is 12.2. The second-order valence-corrected chi connectivity index (χ2v) is 9.34. The number of Topliss-reactive ketones (excluding diaryl/α,β-unsaturated/α-hetero) is 1. The maximum Gasteiger partial charge on any atom is 0.185 e. The lowest BCUT2D eigenvalue weighted by Gasteiger charge is -2.19. The average molecular weight is 466 g/mol. The number of aryl methyl sites for hydroxylation is 1. The number of nitrogens with two attached hydrogens (primary N) is 1. The second-order valence-electron chi connectivity index (χ2n) is 9.34. The zero-order valence-corrected chi connectivity index (χ0v) is 20.0. The average Bonchev–Trinajstić information content (AvgIpc) is 3.63. The van der Waals surface area contributed by atoms with Gasteiger partial charge in [0, 0.05) is 19.2 Å². The van der Waals surface area contributed by atoms with Gasteiger partial charge in [0.15, 0.2) is 5.78 Å². The van der Waals surface area contributed by atoms with Crippen LogP contribution < -0.4 is 11.1 Å². The molecule has 1 unspecified atom stereocenters. The van der Waals surface area contributed by atoms with Crippen molar-refractivity contribution in [3.8, 4) is 5.69 Å². The fourth-order valence-electron chi connectivity index (χ4n) is 4.42. The van der Waals surface area contributed by atoms with Gasteiger partial charge in [0.2, 0.25) is 0 Å². The minimum absolute atomic E-state index is 0.00127. The number of carbonyl (C=O) groups excluding carboxylic acids is 1. The van der Waals surface area contributed by atoms with E-state index in [1.54, 1.807) is 4.68 Å². The van der Waals surface area contributed by atoms with Gasteiger partial charge in [-0.1, -0.05) is 42.5 Å². The molecule has 0 saturated heterocycles. The molecule has 4 aromatic rings. The van der Waals surface area contributed by atoms with Crippen molar-refractivity contribution in [2.45, 2.75) is 38.8 Å². The second kappa shape index (κ2) is 10.3. The first kappa shape index (κ1) is 23.1. The summed E-state index contributed by atoms with van der Waals surface area (Å²) in [6.07, 6.45) is 4.71. The summed E-state index contributed by atoms with van der Waals surface area (Å²) >= 11 is 0. The summed E-state index contributed by atoms with van der Waals surface area (Å²) < 4.78 is 1.73. The van der Waals surface area contributed by atoms with Crippen LogP contribution in [0.25, 0.3) is 5.69 Å². The largest absolute Gasteiger partial charge is 0.326 e. The number of hydrogen-bond acceptors (Lipinski definition) is 5. The highest BCUT2D eigenvalue weighted by Crippen LogP contribution is 2.30. The van der Waals surface area contributed by atoms with Crippen LogP contribution in [0, 0.1) is 12.8 Å². The normalized spacial score (nSPS) is 14.1. The lowest BCUT2D eigenvalue weighted by Crippen LogP contribution is -2.25. The first-order chi connectivity index (χ1) is 17.1. The third-order valence-electron chi connectivity index (χ3n) is 6.45. The van der Waals surface area contributed by atoms with Gasteiger partial charge in [-0.2, -0.15) is 5.10 Å². The third kappa shape index (κ3) is 5.56. The summed E-state index contributed by atoms with van der Waals surface area (Å²) in [6, 6.07) is 24.0. The van der Waals surface area contributed by atoms with Crippen molar-refractivity contribution in [2.75, 3.05) is 6.54 Å². The van der Waals surface area contributed by atoms with Crippen LogP contribution in [0.5, 0.6) is 0 Å². The van der Waals surface area contributed by atoms with E-state index in [2.05, 4.69) is 33.6 Å². The first-order valence-electron chi connectivity index (χ1n) is 12.2. The number of carbonyl (C=O) groups is 1. The van der Waals surface area contributed by atoms with E-state index in [9.17, 15) is 4.79 Å². The molecule has 3 N–H and O–H groups in total. The lowest BCUT2D eigenvalue weighted by atomic mass is 9.98. The lowest BCUT2D eigenvalue weighted by molar-refractivity contribution is 0.0985. The highest BCUT2D eigenvalue weighted by molar-refractivity contribution is 5.96. The summed E-state index contributed by atoms with van der Waals surface area (Å²) in [5.74, 6) is 0.786. The molecular weight excluding hydrogens is 434 g/mol. The monoisotopic (exact) mass is 465 g/mol. The Bertz CT molecular complexity index is 1310. The predicted molar refractivity (Wildman–Crippen MR) is 137 cm³/mol. The van der Waals surface area contributed by atoms with Crippen LogP contribution in [0.2, 0.25) is 0 Å². The number of nitrogens with one attached hydrogen (secondary N) is 1. The molecule has 6 heteroatoms. The molecule has 0 amide bonds. The Hall–Kier alpha value is -3.61. The van der Waals surface area contributed by atoms with E-state index in [0.29, 0.717) is 18.7 Å². The van der Waals surface area contributed by atoms with E-state index in [0.717, 1.165) is 46.2 Å². The number of nitrogens with zero attached hydrogens (tertiary/aromatic N) is 3. The molecule has 1 aliphatic carbocycles. The summed E-state index contributed by atoms with van der Waals surface area (Å²) in [6.45, 7) is 3.32. The summed E-state index contributed by atoms with van der Waals surface area (Å²) in [5.41, 5.74) is 12.1. The van der Waals surface area contributed by atoms with Gasteiger partial charge in [0.05, 0.1) is 23.1 Å². The molecule has 1 atom stereocenters. The third-order valence-corrected chi connectivity index (χ3v) is 6.45. The number of pyridine rings is 1. The maximum absolute atomic E-state index is 13.4. The van der Waals surface area contributed by atoms with Crippen LogP contribution >= 0.6 is 0 Å². The molecule has 2 heterocycles. The van der Waals surface area contributed by atoms with Crippen LogP contribution in [-0.4, -0.2) is 27.1 Å². The molecule has 1 saturated carbocycles. The van der Waals surface area contributed by atoms with Crippen LogP contribution in [0.3, 0.4) is 0 Å². The van der Waals surface area contributed by atoms with E-state index < -0.39 is 0 Å². The fourth-order valence-corrected chi connectivity index (χ4v) is 4.42. The number of hydrogen-bond donors (Lipinski definition) is 2. The summed E-state index contributed by atoms with van der Waals surface area (Å²) in [4.78, 5) is 18.0. The SMILES string of the molecule is Cc1cc(C(=O)Cc2cccc(C(NCC3CC3)c3ccccn3)c2)n(-c2cccc(CN)c2)n1. The molecule has 2 aromatic heterocycles. The van der Waals surface area contributed by atoms with Gasteiger partial charge < -0.3 is 11.1 Å². The van der Waals surface area contributed by atoms with E-state index in [1.165, 1.54) is 12.8 Å². The van der Waals surface area contributed by atoms with Crippen molar-refractivity contribution in [1.29, 1.82) is 0 Å². The standard InChI is InChI=1S/C29H31N5O/c1-20-14-27(34(33-20)25-9-5-7-23(16-25)18-30)28(35)17-22-6-4-8-24(15-22)29(32-19-21-11-12-21)26-10-2-3-13-31-26/h2-10,13-16,21,29,32H,11-12,17-19,30H2,1H3. The fraction of sp³-hybridized carbons (Fsp3) is 0.276. The van der Waals surface area contributed by atoms with Crippen molar-refractivity contribution >= 4 is 5.78 Å². The zero-order chi connectivity index (χ0) is 24.2. The molecular formula is C29H31N5O. The van der Waals surface area contributed by atoms with Crippen LogP contribution in [0.15, 0.2) is 79.0 Å². The van der Waals surface area contributed by atoms with Crippen molar-refractivity contribution in [3.63, 3.8) is 0 Å². The molecule has 178 valence electrons. The predicted octanol–water partition coefficient (Wildman–Crippen LogP) is 4.55. The molecule has 2 aromatic carbocycles. The Morgan fingerprint density at radius 2 is 1.89 bits per heavy atom. The Labute approximate surface area is 206 Å². The van der Waals surface area contributed by atoms with E-state index in [4.69, 9.17) is 5.73 Å². The van der Waals surface area contributed by atoms with Gasteiger partial charge in [0.1, 0.15) is 5.69 Å². The number of rotatable bonds is 10. The molecule has 6 nitrogen and oxygen atoms in total. The zero-order valence-electron chi connectivity index (χ0n) is 20.0. The van der Waals surface area contributed by atoms with Crippen molar-refractivity contribution in [2.24, 2.45) is 11.7 Å². The highest BCUT2D eigenvalue weighted by Gasteiger charge is 2.24. The van der Waals surface area contributed by atoms with Crippen molar-refractivity contribution < 1.29 is 4.79 Å². The minimum Gasteiger partial charge on any atom is -0.326 e. The quantitative estimate of drug-likeness (QED) is 0.336. The van der Waals surface area contributed by atoms with E-state index in [-0.39, 0.29) is 11.8 Å². The van der Waals surface area contributed by atoms with E-state index >= 15 is 0 Å². The summed E-state index contributed by atoms with van der Waals surface area (Å²) in [5, 5.41) is 8.29. The van der Waals surface area contributed by atoms with Crippen LogP contribution in [0.4, 0.5) is 0 Å². The van der Waals surface area contributed by atoms with Gasteiger partial charge in [-0.25, -0.2) is 4.68 Å².